The lowest BCUT2D eigenvalue weighted by Gasteiger charge is -2.28. The molecule has 2 aromatic rings. The molecule has 1 aliphatic rings. The molecular formula is C20H27N3O2. The molecule has 1 aromatic heterocycles. The van der Waals surface area contributed by atoms with Crippen LogP contribution in [0.1, 0.15) is 31.2 Å². The van der Waals surface area contributed by atoms with Crippen molar-refractivity contribution < 1.29 is 9.90 Å². The number of hydrogen-bond donors (Lipinski definition) is 2. The van der Waals surface area contributed by atoms with Crippen LogP contribution in [0.4, 0.5) is 0 Å². The highest BCUT2D eigenvalue weighted by Crippen LogP contribution is 2.29. The molecule has 0 radical (unpaired) electrons. The van der Waals surface area contributed by atoms with Crippen molar-refractivity contribution in [2.45, 2.75) is 37.7 Å². The number of nitrogens with one attached hydrogen (secondary N) is 1. The Morgan fingerprint density at radius 1 is 1.28 bits per heavy atom. The van der Waals surface area contributed by atoms with Gasteiger partial charge in [-0.05, 0) is 37.9 Å². The SMILES string of the molecule is CN(CC(=O)NCCc1cccc2cccnc12)CC1(O)CCCC1. The van der Waals surface area contributed by atoms with Crippen molar-refractivity contribution in [2.24, 2.45) is 0 Å². The van der Waals surface area contributed by atoms with Gasteiger partial charge in [-0.2, -0.15) is 0 Å². The van der Waals surface area contributed by atoms with Crippen molar-refractivity contribution in [1.82, 2.24) is 15.2 Å². The number of amides is 1. The van der Waals surface area contributed by atoms with Gasteiger partial charge in [0.25, 0.3) is 0 Å². The van der Waals surface area contributed by atoms with Crippen LogP contribution in [0.15, 0.2) is 36.5 Å². The normalized spacial score (nSPS) is 16.4. The number of aromatic nitrogens is 1. The lowest BCUT2D eigenvalue weighted by molar-refractivity contribution is -0.122. The van der Waals surface area contributed by atoms with E-state index >= 15 is 0 Å². The van der Waals surface area contributed by atoms with Crippen LogP contribution in [-0.2, 0) is 11.2 Å². The third-order valence-electron chi connectivity index (χ3n) is 4.94. The molecule has 1 saturated carbocycles. The first-order valence-electron chi connectivity index (χ1n) is 9.06. The maximum Gasteiger partial charge on any atom is 0.234 e. The van der Waals surface area contributed by atoms with E-state index in [2.05, 4.69) is 16.4 Å². The highest BCUT2D eigenvalue weighted by molar-refractivity contribution is 5.81. The van der Waals surface area contributed by atoms with E-state index in [1.807, 2.05) is 36.2 Å². The van der Waals surface area contributed by atoms with E-state index in [9.17, 15) is 9.90 Å². The minimum absolute atomic E-state index is 0.00251. The molecule has 1 heterocycles. The summed E-state index contributed by atoms with van der Waals surface area (Å²) in [7, 11) is 1.89. The van der Waals surface area contributed by atoms with Gasteiger partial charge < -0.3 is 10.4 Å². The number of carbonyl (C=O) groups is 1. The fraction of sp³-hybridized carbons (Fsp3) is 0.500. The van der Waals surface area contributed by atoms with Gasteiger partial charge >= 0.3 is 0 Å². The molecule has 0 atom stereocenters. The number of benzene rings is 1. The van der Waals surface area contributed by atoms with Crippen LogP contribution in [0.5, 0.6) is 0 Å². The number of nitrogens with zero attached hydrogens (tertiary/aromatic N) is 2. The number of aliphatic hydroxyl groups is 1. The zero-order valence-corrected chi connectivity index (χ0v) is 14.9. The molecule has 134 valence electrons. The maximum atomic E-state index is 12.1. The van der Waals surface area contributed by atoms with Crippen molar-refractivity contribution in [3.63, 3.8) is 0 Å². The van der Waals surface area contributed by atoms with Crippen molar-refractivity contribution in [1.29, 1.82) is 0 Å². The molecule has 1 amide bonds. The summed E-state index contributed by atoms with van der Waals surface area (Å²) in [6, 6.07) is 10.1. The van der Waals surface area contributed by atoms with Crippen LogP contribution in [0.3, 0.4) is 0 Å². The standard InChI is InChI=1S/C20H27N3O2/c1-23(15-20(25)10-2-3-11-20)14-18(24)21-13-9-17-7-4-6-16-8-5-12-22-19(16)17/h4-8,12,25H,2-3,9-11,13-15H2,1H3,(H,21,24). The summed E-state index contributed by atoms with van der Waals surface area (Å²) in [5.74, 6) is -0.00251. The first-order valence-corrected chi connectivity index (χ1v) is 9.06. The van der Waals surface area contributed by atoms with E-state index in [1.165, 1.54) is 0 Å². The highest BCUT2D eigenvalue weighted by atomic mass is 16.3. The smallest absolute Gasteiger partial charge is 0.234 e. The number of pyridine rings is 1. The molecule has 25 heavy (non-hydrogen) atoms. The van der Waals surface area contributed by atoms with Crippen molar-refractivity contribution in [2.75, 3.05) is 26.7 Å². The van der Waals surface area contributed by atoms with Gasteiger partial charge in [-0.25, -0.2) is 0 Å². The third-order valence-corrected chi connectivity index (χ3v) is 4.94. The Bertz CT molecular complexity index is 720. The molecule has 2 N–H and O–H groups in total. The van der Waals surface area contributed by atoms with Crippen molar-refractivity contribution >= 4 is 16.8 Å². The molecule has 0 bridgehead atoms. The minimum atomic E-state index is -0.607. The first kappa shape index (κ1) is 17.8. The molecule has 3 rings (SSSR count). The van der Waals surface area contributed by atoms with Crippen LogP contribution >= 0.6 is 0 Å². The highest BCUT2D eigenvalue weighted by Gasteiger charge is 2.32. The van der Waals surface area contributed by atoms with E-state index < -0.39 is 5.60 Å². The minimum Gasteiger partial charge on any atom is -0.389 e. The fourth-order valence-corrected chi connectivity index (χ4v) is 3.76. The molecule has 0 unspecified atom stereocenters. The summed E-state index contributed by atoms with van der Waals surface area (Å²) in [6.07, 6.45) is 6.39. The Morgan fingerprint density at radius 3 is 2.84 bits per heavy atom. The molecule has 1 aromatic carbocycles. The number of hydrogen-bond acceptors (Lipinski definition) is 4. The van der Waals surface area contributed by atoms with Gasteiger partial charge in [-0.3, -0.25) is 14.7 Å². The fourth-order valence-electron chi connectivity index (χ4n) is 3.76. The zero-order chi connectivity index (χ0) is 17.7. The number of para-hydroxylation sites is 1. The summed E-state index contributed by atoms with van der Waals surface area (Å²) >= 11 is 0. The van der Waals surface area contributed by atoms with Gasteiger partial charge in [0, 0.05) is 24.7 Å². The van der Waals surface area contributed by atoms with Crippen LogP contribution in [0.25, 0.3) is 10.9 Å². The third kappa shape index (κ3) is 4.77. The monoisotopic (exact) mass is 341 g/mol. The lowest BCUT2D eigenvalue weighted by atomic mass is 10.0. The van der Waals surface area contributed by atoms with Gasteiger partial charge in [0.15, 0.2) is 0 Å². The molecule has 5 heteroatoms. The lowest BCUT2D eigenvalue weighted by Crippen LogP contribution is -2.44. The second-order valence-corrected chi connectivity index (χ2v) is 7.20. The van der Waals surface area contributed by atoms with Crippen LogP contribution in [0.2, 0.25) is 0 Å². The number of fused-ring (bicyclic) bond motifs is 1. The molecular weight excluding hydrogens is 314 g/mol. The summed E-state index contributed by atoms with van der Waals surface area (Å²) in [4.78, 5) is 18.5. The number of likely N-dealkylation sites (N-methyl/N-ethyl adjacent to an activating group) is 1. The van der Waals surface area contributed by atoms with E-state index in [1.54, 1.807) is 6.20 Å². The maximum absolute atomic E-state index is 12.1. The van der Waals surface area contributed by atoms with Gasteiger partial charge in [-0.15, -0.1) is 0 Å². The average molecular weight is 341 g/mol. The second-order valence-electron chi connectivity index (χ2n) is 7.20. The Hall–Kier alpha value is -1.98. The quantitative estimate of drug-likeness (QED) is 0.810. The predicted molar refractivity (Wildman–Crippen MR) is 99.4 cm³/mol. The molecule has 5 nitrogen and oxygen atoms in total. The van der Waals surface area contributed by atoms with Gasteiger partial charge in [0.2, 0.25) is 5.91 Å². The second kappa shape index (κ2) is 7.93. The molecule has 0 aliphatic heterocycles. The summed E-state index contributed by atoms with van der Waals surface area (Å²) in [5.41, 5.74) is 1.54. The first-order chi connectivity index (χ1) is 12.1. The molecule has 1 fully saturated rings. The summed E-state index contributed by atoms with van der Waals surface area (Å²) in [5, 5.41) is 14.5. The number of carbonyl (C=O) groups excluding carboxylic acids is 1. The molecule has 0 saturated heterocycles. The molecule has 0 spiro atoms. The van der Waals surface area contributed by atoms with E-state index in [-0.39, 0.29) is 5.91 Å². The van der Waals surface area contributed by atoms with Crippen molar-refractivity contribution in [3.8, 4) is 0 Å². The van der Waals surface area contributed by atoms with Crippen molar-refractivity contribution in [3.05, 3.63) is 42.1 Å². The van der Waals surface area contributed by atoms with Gasteiger partial charge in [0.1, 0.15) is 0 Å². The largest absolute Gasteiger partial charge is 0.389 e. The van der Waals surface area contributed by atoms with E-state index in [4.69, 9.17) is 0 Å². The Morgan fingerprint density at radius 2 is 2.04 bits per heavy atom. The summed E-state index contributed by atoms with van der Waals surface area (Å²) in [6.45, 7) is 1.47. The van der Waals surface area contributed by atoms with Crippen LogP contribution in [-0.4, -0.2) is 53.2 Å². The average Bonchev–Trinajstić information content (AvgIpc) is 3.01. The number of rotatable bonds is 7. The zero-order valence-electron chi connectivity index (χ0n) is 14.9. The predicted octanol–water partition coefficient (Wildman–Crippen LogP) is 2.13. The van der Waals surface area contributed by atoms with Crippen LogP contribution in [0, 0.1) is 0 Å². The summed E-state index contributed by atoms with van der Waals surface area (Å²) < 4.78 is 0. The van der Waals surface area contributed by atoms with E-state index in [0.29, 0.717) is 19.6 Å². The van der Waals surface area contributed by atoms with E-state index in [0.717, 1.165) is 48.6 Å². The van der Waals surface area contributed by atoms with Gasteiger partial charge in [0.05, 0.1) is 17.7 Å². The Balaban J connectivity index is 1.46. The van der Waals surface area contributed by atoms with Crippen LogP contribution < -0.4 is 5.32 Å². The molecule has 1 aliphatic carbocycles. The Kier molecular flexibility index (Phi) is 5.66. The topological polar surface area (TPSA) is 65.5 Å². The van der Waals surface area contributed by atoms with Gasteiger partial charge in [-0.1, -0.05) is 37.1 Å². The Labute approximate surface area is 149 Å².